The number of fused-ring (bicyclic) bond motifs is 1. The van der Waals surface area contributed by atoms with Gasteiger partial charge in [-0.1, -0.05) is 19.4 Å². The van der Waals surface area contributed by atoms with Crippen LogP contribution in [-0.2, 0) is 11.2 Å². The minimum absolute atomic E-state index is 0.0341. The van der Waals surface area contributed by atoms with Crippen LogP contribution in [0.1, 0.15) is 45.1 Å². The van der Waals surface area contributed by atoms with Crippen LogP contribution in [0.2, 0.25) is 0 Å². The first-order chi connectivity index (χ1) is 12.6. The lowest BCUT2D eigenvalue weighted by atomic mass is 10.0. The predicted molar refractivity (Wildman–Crippen MR) is 103 cm³/mol. The van der Waals surface area contributed by atoms with Crippen molar-refractivity contribution in [3.63, 3.8) is 0 Å². The Labute approximate surface area is 155 Å². The van der Waals surface area contributed by atoms with Gasteiger partial charge in [0.15, 0.2) is 0 Å². The van der Waals surface area contributed by atoms with Gasteiger partial charge in [-0.3, -0.25) is 14.7 Å². The summed E-state index contributed by atoms with van der Waals surface area (Å²) in [5.74, 6) is 0.104. The maximum Gasteiger partial charge on any atom is 0.304 e. The highest BCUT2D eigenvalue weighted by atomic mass is 16.5. The van der Waals surface area contributed by atoms with Crippen molar-refractivity contribution < 1.29 is 14.6 Å². The molecule has 1 N–H and O–H groups in total. The standard InChI is InChI=1S/C21H28N2O3/c1-3-4-6-16-12-17-7-5-9-22-21(17)19(13-16)26-18-8-10-23(14-18)15(2)11-20(24)25/h5,7,9,12-13,15,18H,3-4,6,8,10-11,14H2,1-2H3,(H,24,25)/t15?,18-/m0/s1. The number of nitrogens with zero attached hydrogens (tertiary/aromatic N) is 2. The zero-order valence-electron chi connectivity index (χ0n) is 15.6. The highest BCUT2D eigenvalue weighted by Crippen LogP contribution is 2.29. The third-order valence-corrected chi connectivity index (χ3v) is 5.11. The van der Waals surface area contributed by atoms with Crippen LogP contribution in [0.5, 0.6) is 5.75 Å². The fourth-order valence-corrected chi connectivity index (χ4v) is 3.65. The van der Waals surface area contributed by atoms with E-state index >= 15 is 0 Å². The van der Waals surface area contributed by atoms with Crippen LogP contribution < -0.4 is 4.74 Å². The number of carbonyl (C=O) groups is 1. The Bertz CT molecular complexity index is 762. The minimum Gasteiger partial charge on any atom is -0.487 e. The third-order valence-electron chi connectivity index (χ3n) is 5.11. The fraction of sp³-hybridized carbons (Fsp3) is 0.524. The molecule has 0 spiro atoms. The molecule has 5 heteroatoms. The van der Waals surface area contributed by atoms with Crippen LogP contribution in [0.25, 0.3) is 10.9 Å². The number of aliphatic carboxylic acids is 1. The summed E-state index contributed by atoms with van der Waals surface area (Å²) in [6.07, 6.45) is 6.34. The number of aromatic nitrogens is 1. The van der Waals surface area contributed by atoms with Crippen LogP contribution in [-0.4, -0.2) is 46.2 Å². The van der Waals surface area contributed by atoms with E-state index in [1.54, 1.807) is 6.20 Å². The van der Waals surface area contributed by atoms with Gasteiger partial charge in [0, 0.05) is 30.7 Å². The number of aryl methyl sites for hydroxylation is 1. The Balaban J connectivity index is 1.75. The van der Waals surface area contributed by atoms with Crippen molar-refractivity contribution >= 4 is 16.9 Å². The van der Waals surface area contributed by atoms with Crippen LogP contribution in [0, 0.1) is 0 Å². The number of benzene rings is 1. The lowest BCUT2D eigenvalue weighted by Gasteiger charge is -2.23. The average Bonchev–Trinajstić information content (AvgIpc) is 3.08. The zero-order chi connectivity index (χ0) is 18.5. The van der Waals surface area contributed by atoms with E-state index in [0.29, 0.717) is 0 Å². The van der Waals surface area contributed by atoms with E-state index in [1.165, 1.54) is 12.0 Å². The Hall–Kier alpha value is -2.14. The molecular weight excluding hydrogens is 328 g/mol. The summed E-state index contributed by atoms with van der Waals surface area (Å²) in [6, 6.07) is 8.42. The van der Waals surface area contributed by atoms with Crippen molar-refractivity contribution in [2.75, 3.05) is 13.1 Å². The number of unbranched alkanes of at least 4 members (excludes halogenated alkanes) is 1. The van der Waals surface area contributed by atoms with Gasteiger partial charge in [-0.05, 0) is 49.9 Å². The summed E-state index contributed by atoms with van der Waals surface area (Å²) >= 11 is 0. The topological polar surface area (TPSA) is 62.7 Å². The molecule has 1 aliphatic rings. The normalized spacial score (nSPS) is 18.9. The van der Waals surface area contributed by atoms with E-state index in [2.05, 4.69) is 35.0 Å². The minimum atomic E-state index is -0.749. The summed E-state index contributed by atoms with van der Waals surface area (Å²) in [5, 5.41) is 10.1. The molecular formula is C21H28N2O3. The first-order valence-electron chi connectivity index (χ1n) is 9.57. The van der Waals surface area contributed by atoms with Gasteiger partial charge in [0.1, 0.15) is 17.4 Å². The van der Waals surface area contributed by atoms with Crippen molar-refractivity contribution in [2.45, 2.75) is 58.1 Å². The van der Waals surface area contributed by atoms with Crippen molar-refractivity contribution in [1.82, 2.24) is 9.88 Å². The van der Waals surface area contributed by atoms with E-state index in [0.717, 1.165) is 49.0 Å². The Morgan fingerprint density at radius 3 is 3.08 bits per heavy atom. The molecule has 140 valence electrons. The molecule has 1 aliphatic heterocycles. The Kier molecular flexibility index (Phi) is 6.09. The number of ether oxygens (including phenoxy) is 1. The van der Waals surface area contributed by atoms with Gasteiger partial charge in [0.25, 0.3) is 0 Å². The summed E-state index contributed by atoms with van der Waals surface area (Å²) in [7, 11) is 0. The number of hydrogen-bond donors (Lipinski definition) is 1. The lowest BCUT2D eigenvalue weighted by molar-refractivity contribution is -0.138. The summed E-state index contributed by atoms with van der Waals surface area (Å²) in [4.78, 5) is 17.7. The number of carboxylic acids is 1. The number of rotatable bonds is 8. The van der Waals surface area contributed by atoms with E-state index in [-0.39, 0.29) is 18.6 Å². The molecule has 2 heterocycles. The van der Waals surface area contributed by atoms with Crippen LogP contribution in [0.3, 0.4) is 0 Å². The molecule has 0 bridgehead atoms. The van der Waals surface area contributed by atoms with Gasteiger partial charge in [-0.2, -0.15) is 0 Å². The van der Waals surface area contributed by atoms with Crippen molar-refractivity contribution in [3.05, 3.63) is 36.0 Å². The molecule has 5 nitrogen and oxygen atoms in total. The van der Waals surface area contributed by atoms with Gasteiger partial charge < -0.3 is 9.84 Å². The Morgan fingerprint density at radius 2 is 2.31 bits per heavy atom. The first kappa shape index (κ1) is 18.6. The Morgan fingerprint density at radius 1 is 1.46 bits per heavy atom. The molecule has 26 heavy (non-hydrogen) atoms. The van der Waals surface area contributed by atoms with Gasteiger partial charge in [-0.25, -0.2) is 0 Å². The second kappa shape index (κ2) is 8.49. The number of carboxylic acid groups (broad SMARTS) is 1. The highest BCUT2D eigenvalue weighted by Gasteiger charge is 2.28. The number of hydrogen-bond acceptors (Lipinski definition) is 4. The van der Waals surface area contributed by atoms with Gasteiger partial charge in [-0.15, -0.1) is 0 Å². The SMILES string of the molecule is CCCCc1cc(O[C@H]2CCN(C(C)CC(=O)O)C2)c2ncccc2c1. The first-order valence-corrected chi connectivity index (χ1v) is 9.57. The van der Waals surface area contributed by atoms with E-state index < -0.39 is 5.97 Å². The molecule has 1 saturated heterocycles. The van der Waals surface area contributed by atoms with Crippen LogP contribution in [0.15, 0.2) is 30.5 Å². The smallest absolute Gasteiger partial charge is 0.304 e. The molecule has 1 unspecified atom stereocenters. The largest absolute Gasteiger partial charge is 0.487 e. The molecule has 1 aromatic carbocycles. The molecule has 0 saturated carbocycles. The van der Waals surface area contributed by atoms with E-state index in [4.69, 9.17) is 9.84 Å². The second-order valence-electron chi connectivity index (χ2n) is 7.24. The monoisotopic (exact) mass is 356 g/mol. The van der Waals surface area contributed by atoms with E-state index in [9.17, 15) is 4.79 Å². The van der Waals surface area contributed by atoms with Crippen molar-refractivity contribution in [2.24, 2.45) is 0 Å². The molecule has 0 amide bonds. The summed E-state index contributed by atoms with van der Waals surface area (Å²) < 4.78 is 6.34. The number of pyridine rings is 1. The van der Waals surface area contributed by atoms with Crippen LogP contribution in [0.4, 0.5) is 0 Å². The van der Waals surface area contributed by atoms with Crippen molar-refractivity contribution in [3.8, 4) is 5.75 Å². The maximum atomic E-state index is 10.9. The average molecular weight is 356 g/mol. The fourth-order valence-electron chi connectivity index (χ4n) is 3.65. The van der Waals surface area contributed by atoms with Gasteiger partial charge in [0.05, 0.1) is 6.42 Å². The quantitative estimate of drug-likeness (QED) is 0.777. The number of likely N-dealkylation sites (tertiary alicyclic amines) is 1. The van der Waals surface area contributed by atoms with Gasteiger partial charge >= 0.3 is 5.97 Å². The maximum absolute atomic E-state index is 10.9. The lowest BCUT2D eigenvalue weighted by Crippen LogP contribution is -2.34. The molecule has 3 rings (SSSR count). The highest BCUT2D eigenvalue weighted by molar-refractivity contribution is 5.85. The molecule has 2 atom stereocenters. The molecule has 1 fully saturated rings. The molecule has 2 aromatic rings. The summed E-state index contributed by atoms with van der Waals surface area (Å²) in [6.45, 7) is 5.81. The predicted octanol–water partition coefficient (Wildman–Crippen LogP) is 3.89. The molecule has 0 radical (unpaired) electrons. The van der Waals surface area contributed by atoms with Crippen molar-refractivity contribution in [1.29, 1.82) is 0 Å². The second-order valence-corrected chi connectivity index (χ2v) is 7.24. The molecule has 0 aliphatic carbocycles. The van der Waals surface area contributed by atoms with Crippen LogP contribution >= 0.6 is 0 Å². The van der Waals surface area contributed by atoms with E-state index in [1.807, 2.05) is 13.0 Å². The summed E-state index contributed by atoms with van der Waals surface area (Å²) in [5.41, 5.74) is 2.20. The third kappa shape index (κ3) is 4.52. The molecule has 1 aromatic heterocycles. The zero-order valence-corrected chi connectivity index (χ0v) is 15.6. The van der Waals surface area contributed by atoms with Gasteiger partial charge in [0.2, 0.25) is 0 Å².